The Hall–Kier alpha value is -1.58. The van der Waals surface area contributed by atoms with Crippen molar-refractivity contribution < 1.29 is 4.79 Å². The predicted octanol–water partition coefficient (Wildman–Crippen LogP) is 2.43. The maximum atomic E-state index is 11.3. The third-order valence-corrected chi connectivity index (χ3v) is 1.65. The Kier molecular flexibility index (Phi) is 6.09. The van der Waals surface area contributed by atoms with Crippen LogP contribution in [0.15, 0.2) is 11.1 Å². The zero-order valence-electron chi connectivity index (χ0n) is 10.0. The smallest absolute Gasteiger partial charge is 0.269 e. The van der Waals surface area contributed by atoms with E-state index in [0.717, 1.165) is 5.69 Å². The van der Waals surface area contributed by atoms with Crippen molar-refractivity contribution in [1.82, 2.24) is 10.3 Å². The van der Waals surface area contributed by atoms with Crippen molar-refractivity contribution in [3.63, 3.8) is 0 Å². The minimum absolute atomic E-state index is 0.145. The standard InChI is InChI=1S/C9H13N3O.C2H6/c1-4-11-7-5-6(2)12-8(7)9(13)10-3;1-2/h4-5,12H,1-3H3,(H,10,13);1-2H3. The van der Waals surface area contributed by atoms with Crippen LogP contribution in [0.1, 0.15) is 37.0 Å². The van der Waals surface area contributed by atoms with Crippen LogP contribution >= 0.6 is 0 Å². The minimum atomic E-state index is -0.145. The fraction of sp³-hybridized carbons (Fsp3) is 0.455. The van der Waals surface area contributed by atoms with Gasteiger partial charge in [-0.3, -0.25) is 9.79 Å². The molecule has 15 heavy (non-hydrogen) atoms. The first-order chi connectivity index (χ1) is 7.19. The third-order valence-electron chi connectivity index (χ3n) is 1.65. The molecule has 0 saturated carbocycles. The molecule has 0 unspecified atom stereocenters. The number of hydrogen-bond acceptors (Lipinski definition) is 2. The van der Waals surface area contributed by atoms with Crippen LogP contribution in [0.4, 0.5) is 5.69 Å². The number of rotatable bonds is 2. The van der Waals surface area contributed by atoms with E-state index in [2.05, 4.69) is 15.3 Å². The number of aromatic amines is 1. The quantitative estimate of drug-likeness (QED) is 0.722. The van der Waals surface area contributed by atoms with Crippen LogP contribution in [0.5, 0.6) is 0 Å². The van der Waals surface area contributed by atoms with Crippen LogP contribution in [0, 0.1) is 6.92 Å². The second-order valence-corrected chi connectivity index (χ2v) is 2.68. The summed E-state index contributed by atoms with van der Waals surface area (Å²) in [4.78, 5) is 18.3. The van der Waals surface area contributed by atoms with Gasteiger partial charge in [0, 0.05) is 19.0 Å². The molecule has 4 heteroatoms. The highest BCUT2D eigenvalue weighted by atomic mass is 16.1. The van der Waals surface area contributed by atoms with Crippen LogP contribution < -0.4 is 5.32 Å². The summed E-state index contributed by atoms with van der Waals surface area (Å²) in [6, 6.07) is 1.84. The molecule has 1 amide bonds. The lowest BCUT2D eigenvalue weighted by Crippen LogP contribution is -2.18. The number of carbonyl (C=O) groups is 1. The molecule has 0 aliphatic carbocycles. The second-order valence-electron chi connectivity index (χ2n) is 2.68. The van der Waals surface area contributed by atoms with Crippen molar-refractivity contribution >= 4 is 17.8 Å². The summed E-state index contributed by atoms with van der Waals surface area (Å²) in [7, 11) is 1.60. The molecule has 1 heterocycles. The summed E-state index contributed by atoms with van der Waals surface area (Å²) >= 11 is 0. The summed E-state index contributed by atoms with van der Waals surface area (Å²) < 4.78 is 0. The van der Waals surface area contributed by atoms with Crippen LogP contribution in [-0.4, -0.2) is 24.2 Å². The van der Waals surface area contributed by atoms with Crippen molar-refractivity contribution in [3.05, 3.63) is 17.5 Å². The molecule has 0 bridgehead atoms. The molecular weight excluding hydrogens is 190 g/mol. The first-order valence-corrected chi connectivity index (χ1v) is 5.09. The molecule has 1 rings (SSSR count). The van der Waals surface area contributed by atoms with Crippen LogP contribution in [-0.2, 0) is 0 Å². The number of H-pyrrole nitrogens is 1. The van der Waals surface area contributed by atoms with Gasteiger partial charge in [-0.2, -0.15) is 0 Å². The Morgan fingerprint density at radius 3 is 2.60 bits per heavy atom. The fourth-order valence-electron chi connectivity index (χ4n) is 1.11. The largest absolute Gasteiger partial charge is 0.354 e. The van der Waals surface area contributed by atoms with E-state index in [-0.39, 0.29) is 5.91 Å². The number of aromatic nitrogens is 1. The molecule has 2 N–H and O–H groups in total. The van der Waals surface area contributed by atoms with E-state index in [4.69, 9.17) is 0 Å². The summed E-state index contributed by atoms with van der Waals surface area (Å²) in [5.74, 6) is -0.145. The van der Waals surface area contributed by atoms with Crippen molar-refractivity contribution in [3.8, 4) is 0 Å². The van der Waals surface area contributed by atoms with E-state index in [1.165, 1.54) is 0 Å². The maximum Gasteiger partial charge on any atom is 0.269 e. The van der Waals surface area contributed by atoms with Gasteiger partial charge < -0.3 is 10.3 Å². The molecule has 0 aromatic carbocycles. The van der Waals surface area contributed by atoms with E-state index in [9.17, 15) is 4.79 Å². The third kappa shape index (κ3) is 3.58. The summed E-state index contributed by atoms with van der Waals surface area (Å²) in [6.45, 7) is 7.71. The SMILES string of the molecule is CC.CC=Nc1cc(C)[nH]c1C(=O)NC. The van der Waals surface area contributed by atoms with Gasteiger partial charge in [-0.25, -0.2) is 0 Å². The lowest BCUT2D eigenvalue weighted by molar-refractivity contribution is 0.0959. The van der Waals surface area contributed by atoms with Gasteiger partial charge in [0.2, 0.25) is 0 Å². The molecule has 0 saturated heterocycles. The topological polar surface area (TPSA) is 57.2 Å². The average Bonchev–Trinajstić information content (AvgIpc) is 2.62. The predicted molar refractivity (Wildman–Crippen MR) is 64.1 cm³/mol. The Bertz CT molecular complexity index is 340. The fourth-order valence-corrected chi connectivity index (χ4v) is 1.11. The number of carbonyl (C=O) groups excluding carboxylic acids is 1. The average molecular weight is 209 g/mol. The molecule has 1 aromatic rings. The first kappa shape index (κ1) is 13.4. The molecule has 4 nitrogen and oxygen atoms in total. The van der Waals surface area contributed by atoms with Gasteiger partial charge in [-0.05, 0) is 19.9 Å². The van der Waals surface area contributed by atoms with E-state index in [1.807, 2.05) is 33.8 Å². The van der Waals surface area contributed by atoms with Gasteiger partial charge >= 0.3 is 0 Å². The number of nitrogens with zero attached hydrogens (tertiary/aromatic N) is 1. The number of aryl methyl sites for hydroxylation is 1. The summed E-state index contributed by atoms with van der Waals surface area (Å²) in [6.07, 6.45) is 1.66. The number of amides is 1. The van der Waals surface area contributed by atoms with E-state index in [0.29, 0.717) is 11.4 Å². The maximum absolute atomic E-state index is 11.3. The molecule has 0 atom stereocenters. The van der Waals surface area contributed by atoms with Crippen molar-refractivity contribution in [1.29, 1.82) is 0 Å². The molecule has 84 valence electrons. The Labute approximate surface area is 90.8 Å². The van der Waals surface area contributed by atoms with Gasteiger partial charge in [0.15, 0.2) is 0 Å². The summed E-state index contributed by atoms with van der Waals surface area (Å²) in [5, 5.41) is 2.55. The van der Waals surface area contributed by atoms with Gasteiger partial charge in [0.25, 0.3) is 5.91 Å². The normalized spacial score (nSPS) is 9.67. The highest BCUT2D eigenvalue weighted by molar-refractivity contribution is 5.97. The van der Waals surface area contributed by atoms with Crippen molar-refractivity contribution in [2.75, 3.05) is 7.05 Å². The molecule has 0 aliphatic heterocycles. The number of hydrogen-bond donors (Lipinski definition) is 2. The van der Waals surface area contributed by atoms with E-state index >= 15 is 0 Å². The van der Waals surface area contributed by atoms with Gasteiger partial charge in [0.1, 0.15) is 5.69 Å². The van der Waals surface area contributed by atoms with Gasteiger partial charge in [-0.1, -0.05) is 13.8 Å². The zero-order chi connectivity index (χ0) is 11.8. The Morgan fingerprint density at radius 2 is 2.13 bits per heavy atom. The number of aliphatic imine (C=N–C) groups is 1. The molecule has 0 radical (unpaired) electrons. The monoisotopic (exact) mass is 209 g/mol. The van der Waals surface area contributed by atoms with Crippen LogP contribution in [0.3, 0.4) is 0 Å². The van der Waals surface area contributed by atoms with Crippen LogP contribution in [0.25, 0.3) is 0 Å². The molecular formula is C11H19N3O. The Morgan fingerprint density at radius 1 is 1.53 bits per heavy atom. The lowest BCUT2D eigenvalue weighted by Gasteiger charge is -1.96. The van der Waals surface area contributed by atoms with Gasteiger partial charge in [-0.15, -0.1) is 0 Å². The first-order valence-electron chi connectivity index (χ1n) is 5.09. The summed E-state index contributed by atoms with van der Waals surface area (Å²) in [5.41, 5.74) is 2.12. The number of nitrogens with one attached hydrogen (secondary N) is 2. The Balaban J connectivity index is 0.000000921. The van der Waals surface area contributed by atoms with E-state index in [1.54, 1.807) is 13.3 Å². The van der Waals surface area contributed by atoms with Crippen molar-refractivity contribution in [2.24, 2.45) is 4.99 Å². The molecule has 0 spiro atoms. The van der Waals surface area contributed by atoms with Crippen molar-refractivity contribution in [2.45, 2.75) is 27.7 Å². The van der Waals surface area contributed by atoms with E-state index < -0.39 is 0 Å². The highest BCUT2D eigenvalue weighted by Crippen LogP contribution is 2.19. The van der Waals surface area contributed by atoms with Crippen LogP contribution in [0.2, 0.25) is 0 Å². The molecule has 0 fully saturated rings. The molecule has 1 aromatic heterocycles. The minimum Gasteiger partial charge on any atom is -0.354 e. The lowest BCUT2D eigenvalue weighted by atomic mass is 10.3. The highest BCUT2D eigenvalue weighted by Gasteiger charge is 2.11. The zero-order valence-corrected chi connectivity index (χ0v) is 10.0. The second kappa shape index (κ2) is 6.81. The molecule has 0 aliphatic rings. The van der Waals surface area contributed by atoms with Gasteiger partial charge in [0.05, 0.1) is 5.69 Å².